The molecule has 1 amide bonds. The van der Waals surface area contributed by atoms with Crippen LogP contribution in [-0.2, 0) is 11.3 Å². The first-order valence-corrected chi connectivity index (χ1v) is 8.94. The third-order valence-electron chi connectivity index (χ3n) is 5.57. The minimum atomic E-state index is -0.234. The molecule has 1 aromatic rings. The molecule has 2 fully saturated rings. The van der Waals surface area contributed by atoms with E-state index in [2.05, 4.69) is 0 Å². The molecule has 2 aliphatic rings. The van der Waals surface area contributed by atoms with Crippen LogP contribution in [0, 0.1) is 17.7 Å². The Bertz CT molecular complexity index is 548. The summed E-state index contributed by atoms with van der Waals surface area (Å²) in [6, 6.07) is 6.94. The third-order valence-corrected chi connectivity index (χ3v) is 5.57. The number of benzene rings is 1. The van der Waals surface area contributed by atoms with Crippen LogP contribution in [0.3, 0.4) is 0 Å². The van der Waals surface area contributed by atoms with Gasteiger partial charge in [-0.3, -0.25) is 4.79 Å². The Kier molecular flexibility index (Phi) is 7.05. The molecule has 0 heterocycles. The number of carbonyl (C=O) groups excluding carboxylic acids is 1. The maximum absolute atomic E-state index is 13.5. The molecule has 0 spiro atoms. The van der Waals surface area contributed by atoms with Crippen LogP contribution in [-0.4, -0.2) is 23.4 Å². The van der Waals surface area contributed by atoms with Gasteiger partial charge in [-0.05, 0) is 55.8 Å². The van der Waals surface area contributed by atoms with E-state index in [4.69, 9.17) is 5.73 Å². The fourth-order valence-electron chi connectivity index (χ4n) is 4.29. The summed E-state index contributed by atoms with van der Waals surface area (Å²) in [5.41, 5.74) is 6.75. The van der Waals surface area contributed by atoms with Crippen molar-refractivity contribution in [3.8, 4) is 0 Å². The zero-order valence-corrected chi connectivity index (χ0v) is 14.9. The monoisotopic (exact) mass is 354 g/mol. The van der Waals surface area contributed by atoms with Crippen molar-refractivity contribution in [2.24, 2.45) is 17.6 Å². The smallest absolute Gasteiger partial charge is 0.226 e. The van der Waals surface area contributed by atoms with E-state index in [1.807, 2.05) is 11.0 Å². The van der Waals surface area contributed by atoms with Crippen LogP contribution < -0.4 is 5.73 Å². The average molecular weight is 355 g/mol. The maximum atomic E-state index is 13.5. The minimum absolute atomic E-state index is 0. The van der Waals surface area contributed by atoms with Crippen molar-refractivity contribution >= 4 is 18.3 Å². The van der Waals surface area contributed by atoms with Crippen LogP contribution in [0.15, 0.2) is 24.3 Å². The average Bonchev–Trinajstić information content (AvgIpc) is 3.23. The zero-order chi connectivity index (χ0) is 16.2. The number of amides is 1. The molecule has 5 heteroatoms. The lowest BCUT2D eigenvalue weighted by atomic mass is 9.93. The normalized spacial score (nSPS) is 23.9. The molecule has 2 aliphatic carbocycles. The van der Waals surface area contributed by atoms with Crippen LogP contribution in [0.4, 0.5) is 4.39 Å². The molecule has 24 heavy (non-hydrogen) atoms. The topological polar surface area (TPSA) is 46.3 Å². The summed E-state index contributed by atoms with van der Waals surface area (Å²) in [6.07, 6.45) is 7.61. The van der Waals surface area contributed by atoms with Crippen molar-refractivity contribution < 1.29 is 9.18 Å². The molecule has 2 N–H and O–H groups in total. The summed E-state index contributed by atoms with van der Waals surface area (Å²) >= 11 is 0. The van der Waals surface area contributed by atoms with E-state index in [0.29, 0.717) is 25.0 Å². The molecule has 0 bridgehead atoms. The van der Waals surface area contributed by atoms with Gasteiger partial charge in [-0.1, -0.05) is 31.4 Å². The van der Waals surface area contributed by atoms with E-state index in [1.165, 1.54) is 18.9 Å². The van der Waals surface area contributed by atoms with Gasteiger partial charge in [-0.15, -0.1) is 12.4 Å². The quantitative estimate of drug-likeness (QED) is 0.871. The second-order valence-corrected chi connectivity index (χ2v) is 7.07. The third kappa shape index (κ3) is 4.28. The van der Waals surface area contributed by atoms with Crippen molar-refractivity contribution in [3.05, 3.63) is 35.6 Å². The van der Waals surface area contributed by atoms with Gasteiger partial charge in [-0.2, -0.15) is 0 Å². The molecule has 0 unspecified atom stereocenters. The Morgan fingerprint density at radius 1 is 1.17 bits per heavy atom. The van der Waals surface area contributed by atoms with Crippen LogP contribution in [0.25, 0.3) is 0 Å². The lowest BCUT2D eigenvalue weighted by Gasteiger charge is -2.33. The molecular weight excluding hydrogens is 327 g/mol. The van der Waals surface area contributed by atoms with Crippen molar-refractivity contribution in [1.29, 1.82) is 0 Å². The number of hydrogen-bond acceptors (Lipinski definition) is 2. The highest BCUT2D eigenvalue weighted by Crippen LogP contribution is 2.35. The molecule has 3 rings (SSSR count). The Labute approximate surface area is 150 Å². The number of hydrogen-bond donors (Lipinski definition) is 1. The van der Waals surface area contributed by atoms with E-state index in [-0.39, 0.29) is 30.0 Å². The molecule has 0 aliphatic heterocycles. The molecule has 2 saturated carbocycles. The number of carbonyl (C=O) groups is 1. The summed E-state index contributed by atoms with van der Waals surface area (Å²) in [6.45, 7) is 1.12. The van der Waals surface area contributed by atoms with Crippen molar-refractivity contribution in [2.45, 2.75) is 57.5 Å². The minimum Gasteiger partial charge on any atom is -0.335 e. The zero-order valence-electron chi connectivity index (χ0n) is 14.1. The number of nitrogens with zero attached hydrogens (tertiary/aromatic N) is 1. The van der Waals surface area contributed by atoms with Gasteiger partial charge in [0, 0.05) is 18.5 Å². The second-order valence-electron chi connectivity index (χ2n) is 7.07. The van der Waals surface area contributed by atoms with Gasteiger partial charge in [0.2, 0.25) is 5.91 Å². The molecule has 1 aromatic carbocycles. The number of rotatable bonds is 5. The van der Waals surface area contributed by atoms with Gasteiger partial charge in [0.25, 0.3) is 0 Å². The van der Waals surface area contributed by atoms with Crippen molar-refractivity contribution in [1.82, 2.24) is 4.90 Å². The second kappa shape index (κ2) is 8.82. The van der Waals surface area contributed by atoms with Crippen LogP contribution in [0.5, 0.6) is 0 Å². The van der Waals surface area contributed by atoms with Crippen LogP contribution >= 0.6 is 12.4 Å². The molecule has 0 radical (unpaired) electrons. The molecule has 0 saturated heterocycles. The van der Waals surface area contributed by atoms with Crippen molar-refractivity contribution in [2.75, 3.05) is 6.54 Å². The van der Waals surface area contributed by atoms with Gasteiger partial charge < -0.3 is 10.6 Å². The van der Waals surface area contributed by atoms with Gasteiger partial charge >= 0.3 is 0 Å². The summed E-state index contributed by atoms with van der Waals surface area (Å²) in [4.78, 5) is 15.2. The largest absolute Gasteiger partial charge is 0.335 e. The van der Waals surface area contributed by atoms with Crippen molar-refractivity contribution in [3.63, 3.8) is 0 Å². The molecule has 134 valence electrons. The standard InChI is InChI=1S/C19H27FN2O.ClH/c20-16-7-3-5-14(11-16)13-22(17-8-1-2-9-17)19(23)18-10-4-6-15(18)12-21;/h3,5,7,11,15,17-18H,1-2,4,6,8-10,12-13,21H2;1H/t15-,18-;/m1./s1. The van der Waals surface area contributed by atoms with Gasteiger partial charge in [0.05, 0.1) is 0 Å². The Balaban J connectivity index is 0.00000208. The van der Waals surface area contributed by atoms with Gasteiger partial charge in [0.15, 0.2) is 0 Å². The Morgan fingerprint density at radius 3 is 2.58 bits per heavy atom. The predicted molar refractivity (Wildman–Crippen MR) is 96.3 cm³/mol. The summed E-state index contributed by atoms with van der Waals surface area (Å²) in [7, 11) is 0. The van der Waals surface area contributed by atoms with E-state index in [0.717, 1.165) is 37.7 Å². The predicted octanol–water partition coefficient (Wildman–Crippen LogP) is 3.89. The van der Waals surface area contributed by atoms with E-state index < -0.39 is 0 Å². The van der Waals surface area contributed by atoms with Crippen LogP contribution in [0.2, 0.25) is 0 Å². The fraction of sp³-hybridized carbons (Fsp3) is 0.632. The van der Waals surface area contributed by atoms with Crippen LogP contribution in [0.1, 0.15) is 50.5 Å². The number of nitrogens with two attached hydrogens (primary N) is 1. The lowest BCUT2D eigenvalue weighted by Crippen LogP contribution is -2.43. The molecule has 3 nitrogen and oxygen atoms in total. The molecular formula is C19H28ClFN2O. The first-order valence-electron chi connectivity index (χ1n) is 8.94. The van der Waals surface area contributed by atoms with E-state index in [1.54, 1.807) is 12.1 Å². The van der Waals surface area contributed by atoms with E-state index >= 15 is 0 Å². The van der Waals surface area contributed by atoms with E-state index in [9.17, 15) is 9.18 Å². The first-order chi connectivity index (χ1) is 11.2. The summed E-state index contributed by atoms with van der Waals surface area (Å²) in [5, 5.41) is 0. The highest BCUT2D eigenvalue weighted by Gasteiger charge is 2.37. The van der Waals surface area contributed by atoms with Gasteiger partial charge in [-0.25, -0.2) is 4.39 Å². The summed E-state index contributed by atoms with van der Waals surface area (Å²) < 4.78 is 13.5. The summed E-state index contributed by atoms with van der Waals surface area (Å²) in [5.74, 6) is 0.393. The van der Waals surface area contributed by atoms with Gasteiger partial charge in [0.1, 0.15) is 5.82 Å². The molecule has 2 atom stereocenters. The SMILES string of the molecule is Cl.NC[C@H]1CCC[C@H]1C(=O)N(Cc1cccc(F)c1)C1CCCC1. The lowest BCUT2D eigenvalue weighted by molar-refractivity contribution is -0.139. The number of halogens is 2. The highest BCUT2D eigenvalue weighted by molar-refractivity contribution is 5.85. The highest BCUT2D eigenvalue weighted by atomic mass is 35.5. The molecule has 0 aromatic heterocycles. The Hall–Kier alpha value is -1.13. The first kappa shape index (κ1) is 19.2. The Morgan fingerprint density at radius 2 is 1.92 bits per heavy atom. The maximum Gasteiger partial charge on any atom is 0.226 e. The fourth-order valence-corrected chi connectivity index (χ4v) is 4.29.